The second-order valence-corrected chi connectivity index (χ2v) is 3.53. The number of aromatic amines is 1. The summed E-state index contributed by atoms with van der Waals surface area (Å²) >= 11 is 2.20. The van der Waals surface area contributed by atoms with Gasteiger partial charge in [-0.1, -0.05) is 4.98 Å². The molecule has 6 heteroatoms. The summed E-state index contributed by atoms with van der Waals surface area (Å²) in [4.78, 5) is 15.0. The highest BCUT2D eigenvalue weighted by Crippen LogP contribution is 2.16. The van der Waals surface area contributed by atoms with Gasteiger partial charge in [0.1, 0.15) is 18.2 Å². The van der Waals surface area contributed by atoms with E-state index in [1.54, 1.807) is 18.7 Å². The summed E-state index contributed by atoms with van der Waals surface area (Å²) in [7, 11) is 0. The van der Waals surface area contributed by atoms with Crippen LogP contribution in [0.4, 0.5) is 0 Å². The summed E-state index contributed by atoms with van der Waals surface area (Å²) in [5.41, 5.74) is 1.85. The molecule has 0 fully saturated rings. The van der Waals surface area contributed by atoms with Crippen LogP contribution < -0.4 is 29.0 Å². The van der Waals surface area contributed by atoms with Gasteiger partial charge in [0.05, 0.1) is 3.57 Å². The molecule has 2 rings (SSSR count). The lowest BCUT2D eigenvalue weighted by molar-refractivity contribution is -0.369. The molecule has 2 aromatic heterocycles. The van der Waals surface area contributed by atoms with E-state index in [9.17, 15) is 0 Å². The smallest absolute Gasteiger partial charge is 0.284 e. The summed E-state index contributed by atoms with van der Waals surface area (Å²) in [6.07, 6.45) is 6.67. The fourth-order valence-corrected chi connectivity index (χ4v) is 1.56. The van der Waals surface area contributed by atoms with Gasteiger partial charge < -0.3 is 24.0 Å². The van der Waals surface area contributed by atoms with Gasteiger partial charge in [0.2, 0.25) is 0 Å². The molecule has 0 saturated carbocycles. The maximum atomic E-state index is 4.17. The molecule has 72 valence electrons. The minimum atomic E-state index is 0. The van der Waals surface area contributed by atoms with Crippen molar-refractivity contribution < 1.29 is 29.0 Å². The zero-order valence-electron chi connectivity index (χ0n) is 6.98. The molecule has 0 spiro atoms. The van der Waals surface area contributed by atoms with Gasteiger partial charge in [0, 0.05) is 12.3 Å². The Hall–Kier alpha value is -0.380. The lowest BCUT2D eigenvalue weighted by atomic mass is 10.3. The molecule has 0 radical (unpaired) electrons. The minimum Gasteiger partial charge on any atom is -1.00 e. The summed E-state index contributed by atoms with van der Waals surface area (Å²) in [5, 5.41) is 0. The van der Waals surface area contributed by atoms with E-state index in [0.717, 1.165) is 15.0 Å². The molecule has 1 N–H and O–H groups in total. The quantitative estimate of drug-likeness (QED) is 0.508. The first-order valence-corrected chi connectivity index (χ1v) is 4.73. The monoisotopic (exact) mass is 412 g/mol. The van der Waals surface area contributed by atoms with Crippen molar-refractivity contribution in [2.24, 2.45) is 0 Å². The van der Waals surface area contributed by atoms with Crippen LogP contribution in [0.25, 0.3) is 11.4 Å². The van der Waals surface area contributed by atoms with Crippen molar-refractivity contribution in [2.45, 2.75) is 0 Å². The summed E-state index contributed by atoms with van der Waals surface area (Å²) in [6.45, 7) is 0. The van der Waals surface area contributed by atoms with Crippen molar-refractivity contribution in [2.75, 3.05) is 0 Å². The van der Waals surface area contributed by atoms with Gasteiger partial charge in [-0.15, -0.1) is 0 Å². The highest BCUT2D eigenvalue weighted by atomic mass is 127. The first kappa shape index (κ1) is 11.7. The van der Waals surface area contributed by atoms with Gasteiger partial charge in [-0.2, -0.15) is 0 Å². The van der Waals surface area contributed by atoms with Gasteiger partial charge in [-0.25, -0.2) is 15.0 Å². The first-order valence-electron chi connectivity index (χ1n) is 3.65. The van der Waals surface area contributed by atoms with Crippen molar-refractivity contribution in [1.82, 2.24) is 15.0 Å². The molecule has 0 aliphatic heterocycles. The Morgan fingerprint density at radius 1 is 1.29 bits per heavy atom. The lowest BCUT2D eigenvalue weighted by Crippen LogP contribution is -3.00. The van der Waals surface area contributed by atoms with Crippen LogP contribution in [-0.4, -0.2) is 15.0 Å². The fourth-order valence-electron chi connectivity index (χ4n) is 0.974. The maximum absolute atomic E-state index is 4.17. The number of aromatic nitrogens is 4. The number of H-pyrrole nitrogens is 1. The molecule has 0 atom stereocenters. The zero-order chi connectivity index (χ0) is 9.10. The zero-order valence-corrected chi connectivity index (χ0v) is 11.3. The van der Waals surface area contributed by atoms with Crippen molar-refractivity contribution in [3.05, 3.63) is 34.7 Å². The number of rotatable bonds is 1. The summed E-state index contributed by atoms with van der Waals surface area (Å²) in [6, 6.07) is 1.88. The van der Waals surface area contributed by atoms with E-state index < -0.39 is 0 Å². The number of nitrogens with zero attached hydrogens (tertiary/aromatic N) is 3. The molecule has 0 amide bonds. The van der Waals surface area contributed by atoms with Gasteiger partial charge in [0.15, 0.2) is 5.69 Å². The predicted octanol–water partition coefficient (Wildman–Crippen LogP) is -2.04. The Morgan fingerprint density at radius 2 is 2.14 bits per heavy atom. The summed E-state index contributed by atoms with van der Waals surface area (Å²) in [5.74, 6) is 0. The van der Waals surface area contributed by atoms with E-state index in [2.05, 4.69) is 42.5 Å². The van der Waals surface area contributed by atoms with Crippen LogP contribution in [0.3, 0.4) is 0 Å². The van der Waals surface area contributed by atoms with Crippen LogP contribution in [0.5, 0.6) is 0 Å². The Bertz CT molecular complexity index is 407. The third kappa shape index (κ3) is 2.56. The number of halogens is 2. The largest absolute Gasteiger partial charge is 1.00 e. The fraction of sp³-hybridized carbons (Fsp3) is 0. The third-order valence-corrected chi connectivity index (χ3v) is 2.33. The van der Waals surface area contributed by atoms with Crippen molar-refractivity contribution in [3.8, 4) is 11.4 Å². The molecular formula is C8H6I2N4. The Morgan fingerprint density at radius 3 is 2.79 bits per heavy atom. The molecule has 2 aromatic rings. The van der Waals surface area contributed by atoms with Crippen LogP contribution in [-0.2, 0) is 0 Å². The van der Waals surface area contributed by atoms with E-state index in [-0.39, 0.29) is 24.0 Å². The van der Waals surface area contributed by atoms with Crippen LogP contribution in [0, 0.1) is 3.57 Å². The van der Waals surface area contributed by atoms with Crippen LogP contribution >= 0.6 is 22.6 Å². The minimum absolute atomic E-state index is 0. The van der Waals surface area contributed by atoms with E-state index in [0.29, 0.717) is 0 Å². The van der Waals surface area contributed by atoms with Gasteiger partial charge in [-0.05, 0) is 22.6 Å². The second kappa shape index (κ2) is 5.49. The number of hydrogen-bond donors (Lipinski definition) is 0. The molecule has 0 saturated heterocycles. The van der Waals surface area contributed by atoms with E-state index in [1.807, 2.05) is 6.07 Å². The van der Waals surface area contributed by atoms with Gasteiger partial charge in [-0.3, -0.25) is 0 Å². The summed E-state index contributed by atoms with van der Waals surface area (Å²) < 4.78 is 1.02. The topological polar surface area (TPSA) is 52.8 Å². The highest BCUT2D eigenvalue weighted by Gasteiger charge is 2.06. The molecule has 0 bridgehead atoms. The predicted molar refractivity (Wildman–Crippen MR) is 54.5 cm³/mol. The van der Waals surface area contributed by atoms with Crippen molar-refractivity contribution >= 4 is 22.6 Å². The van der Waals surface area contributed by atoms with E-state index in [4.69, 9.17) is 0 Å². The highest BCUT2D eigenvalue weighted by molar-refractivity contribution is 14.1. The molecule has 2 heterocycles. The first-order chi connectivity index (χ1) is 6.38. The standard InChI is InChI=1S/C8H5IN4.HI/c9-6-3-11-5-13-8(6)7-1-2-10-4-12-7;/h1-5H;1H. The SMILES string of the molecule is Ic1cncnc1-c1ccnc[nH+]1.[I-]. The van der Waals surface area contributed by atoms with E-state index >= 15 is 0 Å². The second-order valence-electron chi connectivity index (χ2n) is 2.37. The third-order valence-electron chi connectivity index (χ3n) is 1.54. The van der Waals surface area contributed by atoms with E-state index in [1.165, 1.54) is 6.33 Å². The molecule has 0 aliphatic carbocycles. The van der Waals surface area contributed by atoms with Crippen LogP contribution in [0.15, 0.2) is 31.1 Å². The average Bonchev–Trinajstić information content (AvgIpc) is 2.20. The average molecular weight is 412 g/mol. The normalized spacial score (nSPS) is 9.21. The maximum Gasteiger partial charge on any atom is 0.284 e. The van der Waals surface area contributed by atoms with Gasteiger partial charge >= 0.3 is 0 Å². The molecule has 4 nitrogen and oxygen atoms in total. The molecule has 14 heavy (non-hydrogen) atoms. The lowest BCUT2D eigenvalue weighted by Gasteiger charge is -1.96. The van der Waals surface area contributed by atoms with Crippen molar-refractivity contribution in [3.63, 3.8) is 0 Å². The number of hydrogen-bond acceptors (Lipinski definition) is 3. The molecular weight excluding hydrogens is 406 g/mol. The molecule has 0 aromatic carbocycles. The van der Waals surface area contributed by atoms with Gasteiger partial charge in [0.25, 0.3) is 6.33 Å². The molecule has 0 unspecified atom stereocenters. The molecule has 0 aliphatic rings. The van der Waals surface area contributed by atoms with Crippen LogP contribution in [0.1, 0.15) is 0 Å². The Balaban J connectivity index is 0.000000980. The number of nitrogens with one attached hydrogen (secondary N) is 1. The Kier molecular flexibility index (Phi) is 4.58. The Labute approximate surface area is 112 Å². The van der Waals surface area contributed by atoms with Crippen molar-refractivity contribution in [1.29, 1.82) is 0 Å². The van der Waals surface area contributed by atoms with Crippen LogP contribution in [0.2, 0.25) is 0 Å².